The van der Waals surface area contributed by atoms with E-state index in [1.807, 2.05) is 26.0 Å². The topological polar surface area (TPSA) is 39.2 Å². The van der Waals surface area contributed by atoms with Gasteiger partial charge in [0.1, 0.15) is 17.2 Å². The second-order valence-corrected chi connectivity index (χ2v) is 5.98. The summed E-state index contributed by atoms with van der Waals surface area (Å²) in [6.07, 6.45) is 0. The largest absolute Gasteiger partial charge is 0.459 e. The lowest BCUT2D eigenvalue weighted by Crippen LogP contribution is -2.10. The van der Waals surface area contributed by atoms with Gasteiger partial charge in [0, 0.05) is 20.7 Å². The quantitative estimate of drug-likeness (QED) is 0.757. The summed E-state index contributed by atoms with van der Waals surface area (Å²) < 4.78 is 19.1. The van der Waals surface area contributed by atoms with Gasteiger partial charge in [-0.2, -0.15) is 0 Å². The Kier molecular flexibility index (Phi) is 2.92. The average molecular weight is 275 g/mol. The van der Waals surface area contributed by atoms with E-state index in [-0.39, 0.29) is 11.9 Å². The van der Waals surface area contributed by atoms with E-state index < -0.39 is 0 Å². The molecule has 0 aliphatic heterocycles. The Labute approximate surface area is 114 Å². The molecule has 2 aromatic heterocycles. The van der Waals surface area contributed by atoms with Crippen LogP contribution in [0.1, 0.15) is 27.1 Å². The third-order valence-corrected chi connectivity index (χ3v) is 4.37. The molecule has 0 spiro atoms. The highest BCUT2D eigenvalue weighted by molar-refractivity contribution is 7.12. The fraction of sp³-hybridized carbons (Fsp3) is 0.200. The number of halogens is 1. The molecule has 0 saturated heterocycles. The van der Waals surface area contributed by atoms with Crippen LogP contribution in [0, 0.1) is 19.7 Å². The van der Waals surface area contributed by atoms with Gasteiger partial charge in [0.25, 0.3) is 0 Å². The molecule has 0 radical (unpaired) electrons. The number of furan rings is 1. The van der Waals surface area contributed by atoms with Gasteiger partial charge in [-0.25, -0.2) is 4.39 Å². The Morgan fingerprint density at radius 1 is 1.21 bits per heavy atom. The Balaban J connectivity index is 2.12. The summed E-state index contributed by atoms with van der Waals surface area (Å²) in [4.78, 5) is 2.27. The minimum atomic E-state index is -0.297. The predicted molar refractivity (Wildman–Crippen MR) is 76.0 cm³/mol. The zero-order valence-corrected chi connectivity index (χ0v) is 11.6. The summed E-state index contributed by atoms with van der Waals surface area (Å²) in [5.41, 5.74) is 7.84. The predicted octanol–water partition coefficient (Wildman–Crippen LogP) is 4.30. The van der Waals surface area contributed by atoms with Gasteiger partial charge < -0.3 is 10.2 Å². The fourth-order valence-corrected chi connectivity index (χ4v) is 3.14. The smallest absolute Gasteiger partial charge is 0.134 e. The number of hydrogen-bond donors (Lipinski definition) is 1. The van der Waals surface area contributed by atoms with Gasteiger partial charge in [-0.3, -0.25) is 0 Å². The first kappa shape index (κ1) is 12.4. The van der Waals surface area contributed by atoms with Crippen LogP contribution in [0.15, 0.2) is 34.7 Å². The molecule has 2 N–H and O–H groups in total. The third-order valence-electron chi connectivity index (χ3n) is 3.29. The maximum Gasteiger partial charge on any atom is 0.134 e. The molecule has 0 saturated carbocycles. The maximum absolute atomic E-state index is 13.3. The highest BCUT2D eigenvalue weighted by Gasteiger charge is 2.20. The van der Waals surface area contributed by atoms with Crippen LogP contribution in [0.5, 0.6) is 0 Å². The van der Waals surface area contributed by atoms with Crippen LogP contribution in [0.3, 0.4) is 0 Å². The normalized spacial score (nSPS) is 13.1. The summed E-state index contributed by atoms with van der Waals surface area (Å²) in [7, 11) is 0. The first-order valence-electron chi connectivity index (χ1n) is 6.06. The summed E-state index contributed by atoms with van der Waals surface area (Å²) >= 11 is 1.65. The molecule has 1 atom stereocenters. The van der Waals surface area contributed by atoms with Crippen LogP contribution in [0.25, 0.3) is 11.0 Å². The zero-order chi connectivity index (χ0) is 13.6. The molecule has 2 nitrogen and oxygen atoms in total. The van der Waals surface area contributed by atoms with Gasteiger partial charge in [-0.05, 0) is 44.2 Å². The molecule has 4 heteroatoms. The second kappa shape index (κ2) is 4.47. The van der Waals surface area contributed by atoms with Crippen molar-refractivity contribution >= 4 is 22.3 Å². The Morgan fingerprint density at radius 3 is 2.68 bits per heavy atom. The maximum atomic E-state index is 13.3. The number of rotatable bonds is 2. The first-order chi connectivity index (χ1) is 9.06. The Hall–Kier alpha value is -1.65. The lowest BCUT2D eigenvalue weighted by atomic mass is 10.1. The minimum absolute atomic E-state index is 0.261. The SMILES string of the molecule is Cc1ccc(C(N)c2oc3ccc(F)cc3c2C)s1. The number of fused-ring (bicyclic) bond motifs is 1. The van der Waals surface area contributed by atoms with E-state index >= 15 is 0 Å². The first-order valence-corrected chi connectivity index (χ1v) is 6.88. The van der Waals surface area contributed by atoms with Crippen LogP contribution < -0.4 is 5.73 Å². The molecule has 0 aliphatic carbocycles. The van der Waals surface area contributed by atoms with Gasteiger partial charge in [0.05, 0.1) is 6.04 Å². The van der Waals surface area contributed by atoms with Crippen molar-refractivity contribution in [2.45, 2.75) is 19.9 Å². The molecule has 19 heavy (non-hydrogen) atoms. The van der Waals surface area contributed by atoms with Gasteiger partial charge in [-0.15, -0.1) is 11.3 Å². The van der Waals surface area contributed by atoms with E-state index in [1.165, 1.54) is 17.0 Å². The summed E-state index contributed by atoms with van der Waals surface area (Å²) in [5, 5.41) is 0.790. The van der Waals surface area contributed by atoms with Crippen LogP contribution >= 0.6 is 11.3 Å². The van der Waals surface area contributed by atoms with Crippen molar-refractivity contribution in [3.05, 3.63) is 57.2 Å². The van der Waals surface area contributed by atoms with Gasteiger partial charge >= 0.3 is 0 Å². The van der Waals surface area contributed by atoms with Gasteiger partial charge in [0.2, 0.25) is 0 Å². The molecular formula is C15H14FNOS. The molecule has 1 aromatic carbocycles. The van der Waals surface area contributed by atoms with Crippen molar-refractivity contribution in [2.75, 3.05) is 0 Å². The van der Waals surface area contributed by atoms with E-state index in [0.29, 0.717) is 11.3 Å². The monoisotopic (exact) mass is 275 g/mol. The van der Waals surface area contributed by atoms with Crippen LogP contribution in [0.4, 0.5) is 4.39 Å². The van der Waals surface area contributed by atoms with E-state index in [4.69, 9.17) is 10.2 Å². The lowest BCUT2D eigenvalue weighted by Gasteiger charge is -2.07. The summed E-state index contributed by atoms with van der Waals surface area (Å²) in [6, 6.07) is 8.29. The van der Waals surface area contributed by atoms with E-state index in [9.17, 15) is 4.39 Å². The fourth-order valence-electron chi connectivity index (χ4n) is 2.26. The highest BCUT2D eigenvalue weighted by Crippen LogP contribution is 2.34. The molecule has 3 aromatic rings. The molecule has 0 fully saturated rings. The molecule has 1 unspecified atom stereocenters. The number of aryl methyl sites for hydroxylation is 2. The van der Waals surface area contributed by atoms with E-state index in [2.05, 4.69) is 0 Å². The number of nitrogens with two attached hydrogens (primary N) is 1. The standard InChI is InChI=1S/C15H14FNOS/c1-8-3-6-13(19-8)14(17)15-9(2)11-7-10(16)4-5-12(11)18-15/h3-7,14H,17H2,1-2H3. The van der Waals surface area contributed by atoms with Crippen molar-refractivity contribution in [3.63, 3.8) is 0 Å². The molecule has 0 aliphatic rings. The van der Waals surface area contributed by atoms with Crippen molar-refractivity contribution < 1.29 is 8.81 Å². The summed E-state index contributed by atoms with van der Waals surface area (Å²) in [5.74, 6) is 0.450. The number of benzene rings is 1. The molecule has 0 amide bonds. The number of hydrogen-bond acceptors (Lipinski definition) is 3. The minimum Gasteiger partial charge on any atom is -0.459 e. The van der Waals surface area contributed by atoms with E-state index in [1.54, 1.807) is 17.4 Å². The van der Waals surface area contributed by atoms with Crippen LogP contribution in [-0.4, -0.2) is 0 Å². The molecule has 98 valence electrons. The number of thiophene rings is 1. The van der Waals surface area contributed by atoms with Crippen molar-refractivity contribution in [2.24, 2.45) is 5.73 Å². The molecule has 0 bridgehead atoms. The lowest BCUT2D eigenvalue weighted by molar-refractivity contribution is 0.523. The average Bonchev–Trinajstić information content (AvgIpc) is 2.94. The molecule has 3 rings (SSSR count). The summed E-state index contributed by atoms with van der Waals surface area (Å²) in [6.45, 7) is 3.96. The Morgan fingerprint density at radius 2 is 2.00 bits per heavy atom. The molecule has 2 heterocycles. The Bertz CT molecular complexity index is 744. The van der Waals surface area contributed by atoms with Crippen molar-refractivity contribution in [1.29, 1.82) is 0 Å². The van der Waals surface area contributed by atoms with Crippen molar-refractivity contribution in [1.82, 2.24) is 0 Å². The highest BCUT2D eigenvalue weighted by atomic mass is 32.1. The second-order valence-electron chi connectivity index (χ2n) is 4.66. The zero-order valence-electron chi connectivity index (χ0n) is 10.7. The van der Waals surface area contributed by atoms with Gasteiger partial charge in [-0.1, -0.05) is 0 Å². The molecular weight excluding hydrogens is 261 g/mol. The van der Waals surface area contributed by atoms with Gasteiger partial charge in [0.15, 0.2) is 0 Å². The van der Waals surface area contributed by atoms with E-state index in [0.717, 1.165) is 15.8 Å². The van der Waals surface area contributed by atoms with Crippen LogP contribution in [-0.2, 0) is 0 Å². The van der Waals surface area contributed by atoms with Crippen LogP contribution in [0.2, 0.25) is 0 Å². The van der Waals surface area contributed by atoms with Crippen molar-refractivity contribution in [3.8, 4) is 0 Å². The third kappa shape index (κ3) is 2.07.